The zero-order valence-electron chi connectivity index (χ0n) is 17.1. The minimum atomic E-state index is -3.64. The summed E-state index contributed by atoms with van der Waals surface area (Å²) in [6, 6.07) is 24.0. The van der Waals surface area contributed by atoms with Crippen LogP contribution in [-0.2, 0) is 25.3 Å². The Hall–Kier alpha value is -2.39. The topological polar surface area (TPSA) is 72.5 Å². The molecule has 1 N–H and O–H groups in total. The number of rotatable bonds is 9. The lowest BCUT2D eigenvalue weighted by Crippen LogP contribution is -2.19. The molecule has 3 rings (SSSR count). The molecule has 0 saturated carbocycles. The third-order valence-electron chi connectivity index (χ3n) is 4.76. The van der Waals surface area contributed by atoms with Gasteiger partial charge in [-0.05, 0) is 58.3 Å². The van der Waals surface area contributed by atoms with Gasteiger partial charge in [0.1, 0.15) is 0 Å². The van der Waals surface area contributed by atoms with Crippen LogP contribution in [0, 0.1) is 3.57 Å². The number of esters is 1. The molecule has 0 aliphatic rings. The van der Waals surface area contributed by atoms with Crippen LogP contribution in [0.25, 0.3) is 0 Å². The Balaban J connectivity index is 1.97. The summed E-state index contributed by atoms with van der Waals surface area (Å²) in [5.41, 5.74) is 2.85. The Morgan fingerprint density at radius 1 is 0.935 bits per heavy atom. The lowest BCUT2D eigenvalue weighted by molar-refractivity contribution is -0.143. The van der Waals surface area contributed by atoms with E-state index < -0.39 is 10.0 Å². The standard InChI is InChI=1S/C24H24INO4S/c1-2-30-24(27)16-21(19-12-6-8-14-22(19)25)20-13-7-9-15-23(20)26-31(28,29)17-18-10-4-3-5-11-18/h3-15,21,26H,2,16-17H2,1H3/t21-/m1/s1. The van der Waals surface area contributed by atoms with Crippen LogP contribution in [-0.4, -0.2) is 21.0 Å². The highest BCUT2D eigenvalue weighted by Gasteiger charge is 2.25. The lowest BCUT2D eigenvalue weighted by atomic mass is 9.87. The monoisotopic (exact) mass is 549 g/mol. The fraction of sp³-hybridized carbons (Fsp3) is 0.208. The maximum atomic E-state index is 12.9. The molecule has 0 bridgehead atoms. The van der Waals surface area contributed by atoms with Gasteiger partial charge in [-0.1, -0.05) is 66.7 Å². The van der Waals surface area contributed by atoms with E-state index >= 15 is 0 Å². The number of halogens is 1. The average Bonchev–Trinajstić information content (AvgIpc) is 2.73. The van der Waals surface area contributed by atoms with Crippen LogP contribution >= 0.6 is 22.6 Å². The van der Waals surface area contributed by atoms with E-state index in [0.29, 0.717) is 17.9 Å². The van der Waals surface area contributed by atoms with Gasteiger partial charge in [-0.2, -0.15) is 0 Å². The normalized spacial score (nSPS) is 12.2. The van der Waals surface area contributed by atoms with Crippen LogP contribution < -0.4 is 4.72 Å². The van der Waals surface area contributed by atoms with Gasteiger partial charge in [0.25, 0.3) is 0 Å². The molecule has 0 aliphatic heterocycles. The largest absolute Gasteiger partial charge is 0.466 e. The van der Waals surface area contributed by atoms with Crippen molar-refractivity contribution in [2.75, 3.05) is 11.3 Å². The summed E-state index contributed by atoms with van der Waals surface area (Å²) in [7, 11) is -3.64. The van der Waals surface area contributed by atoms with Gasteiger partial charge in [0.05, 0.1) is 24.5 Å². The Labute approximate surface area is 197 Å². The molecular weight excluding hydrogens is 525 g/mol. The van der Waals surface area contributed by atoms with Crippen LogP contribution in [0.15, 0.2) is 78.9 Å². The number of nitrogens with one attached hydrogen (secondary N) is 1. The first-order valence-electron chi connectivity index (χ1n) is 9.93. The highest BCUT2D eigenvalue weighted by molar-refractivity contribution is 14.1. The van der Waals surface area contributed by atoms with E-state index in [0.717, 1.165) is 14.7 Å². The number of carbonyl (C=O) groups is 1. The number of para-hydroxylation sites is 1. The van der Waals surface area contributed by atoms with Gasteiger partial charge in [-0.3, -0.25) is 9.52 Å². The second-order valence-corrected chi connectivity index (χ2v) is 9.90. The van der Waals surface area contributed by atoms with E-state index in [4.69, 9.17) is 4.74 Å². The molecule has 7 heteroatoms. The molecule has 0 aliphatic carbocycles. The number of benzene rings is 3. The summed E-state index contributed by atoms with van der Waals surface area (Å²) in [4.78, 5) is 12.4. The first-order valence-corrected chi connectivity index (χ1v) is 12.7. The maximum Gasteiger partial charge on any atom is 0.306 e. The molecule has 3 aromatic carbocycles. The Kier molecular flexibility index (Phi) is 8.09. The number of anilines is 1. The number of sulfonamides is 1. The molecule has 0 unspecified atom stereocenters. The van der Waals surface area contributed by atoms with E-state index in [9.17, 15) is 13.2 Å². The van der Waals surface area contributed by atoms with Gasteiger partial charge < -0.3 is 4.74 Å². The van der Waals surface area contributed by atoms with Crippen LogP contribution in [0.5, 0.6) is 0 Å². The van der Waals surface area contributed by atoms with Crippen molar-refractivity contribution in [3.8, 4) is 0 Å². The third-order valence-corrected chi connectivity index (χ3v) is 6.98. The summed E-state index contributed by atoms with van der Waals surface area (Å²) in [5.74, 6) is -0.801. The summed E-state index contributed by atoms with van der Waals surface area (Å²) in [6.45, 7) is 2.06. The summed E-state index contributed by atoms with van der Waals surface area (Å²) >= 11 is 2.23. The van der Waals surface area contributed by atoms with Gasteiger partial charge in [0, 0.05) is 9.49 Å². The van der Waals surface area contributed by atoms with Gasteiger partial charge in [-0.25, -0.2) is 8.42 Å². The number of ether oxygens (including phenoxy) is 1. The SMILES string of the molecule is CCOC(=O)C[C@H](c1ccccc1I)c1ccccc1NS(=O)(=O)Cc1ccccc1. The molecule has 31 heavy (non-hydrogen) atoms. The second-order valence-electron chi connectivity index (χ2n) is 7.02. The molecule has 0 radical (unpaired) electrons. The number of hydrogen-bond acceptors (Lipinski definition) is 4. The first kappa shape index (κ1) is 23.3. The minimum absolute atomic E-state index is 0.116. The van der Waals surface area contributed by atoms with Crippen LogP contribution in [0.1, 0.15) is 36.0 Å². The smallest absolute Gasteiger partial charge is 0.306 e. The van der Waals surface area contributed by atoms with Crippen molar-refractivity contribution < 1.29 is 17.9 Å². The zero-order valence-corrected chi connectivity index (χ0v) is 20.1. The van der Waals surface area contributed by atoms with Crippen molar-refractivity contribution in [2.45, 2.75) is 25.0 Å². The van der Waals surface area contributed by atoms with Crippen molar-refractivity contribution in [3.63, 3.8) is 0 Å². The van der Waals surface area contributed by atoms with Crippen molar-refractivity contribution in [2.24, 2.45) is 0 Å². The molecule has 0 aromatic heterocycles. The molecule has 0 spiro atoms. The molecule has 3 aromatic rings. The first-order chi connectivity index (χ1) is 14.9. The highest BCUT2D eigenvalue weighted by atomic mass is 127. The molecule has 0 amide bonds. The fourth-order valence-corrected chi connectivity index (χ4v) is 5.41. The van der Waals surface area contributed by atoms with E-state index in [1.807, 2.05) is 54.6 Å². The van der Waals surface area contributed by atoms with Crippen LogP contribution in [0.2, 0.25) is 0 Å². The molecule has 162 valence electrons. The van der Waals surface area contributed by atoms with Gasteiger partial charge >= 0.3 is 5.97 Å². The summed E-state index contributed by atoms with van der Waals surface area (Å²) in [6.07, 6.45) is 0.116. The molecule has 1 atom stereocenters. The lowest BCUT2D eigenvalue weighted by Gasteiger charge is -2.22. The minimum Gasteiger partial charge on any atom is -0.466 e. The predicted molar refractivity (Wildman–Crippen MR) is 131 cm³/mol. The number of hydrogen-bond donors (Lipinski definition) is 1. The van der Waals surface area contributed by atoms with Crippen LogP contribution in [0.3, 0.4) is 0 Å². The highest BCUT2D eigenvalue weighted by Crippen LogP contribution is 2.36. The van der Waals surface area contributed by atoms with E-state index in [1.54, 1.807) is 31.2 Å². The Bertz CT molecular complexity index is 1130. The molecule has 5 nitrogen and oxygen atoms in total. The van der Waals surface area contributed by atoms with Gasteiger partial charge in [0.15, 0.2) is 0 Å². The van der Waals surface area contributed by atoms with Gasteiger partial charge in [0.2, 0.25) is 10.0 Å². The Morgan fingerprint density at radius 3 is 2.23 bits per heavy atom. The average molecular weight is 549 g/mol. The molecular formula is C24H24INO4S. The van der Waals surface area contributed by atoms with Crippen molar-refractivity contribution in [1.82, 2.24) is 0 Å². The quantitative estimate of drug-likeness (QED) is 0.290. The predicted octanol–water partition coefficient (Wildman–Crippen LogP) is 5.32. The number of carbonyl (C=O) groups excluding carboxylic acids is 1. The van der Waals surface area contributed by atoms with E-state index in [-0.39, 0.29) is 24.1 Å². The van der Waals surface area contributed by atoms with Crippen molar-refractivity contribution >= 4 is 44.3 Å². The van der Waals surface area contributed by atoms with Gasteiger partial charge in [-0.15, -0.1) is 0 Å². The summed E-state index contributed by atoms with van der Waals surface area (Å²) < 4.78 is 34.7. The molecule has 0 saturated heterocycles. The van der Waals surface area contributed by atoms with Crippen molar-refractivity contribution in [1.29, 1.82) is 0 Å². The van der Waals surface area contributed by atoms with Crippen LogP contribution in [0.4, 0.5) is 5.69 Å². The van der Waals surface area contributed by atoms with Crippen molar-refractivity contribution in [3.05, 3.63) is 99.1 Å². The summed E-state index contributed by atoms with van der Waals surface area (Å²) in [5, 5.41) is 0. The fourth-order valence-electron chi connectivity index (χ4n) is 3.42. The maximum absolute atomic E-state index is 12.9. The van der Waals surface area contributed by atoms with E-state index in [1.165, 1.54) is 0 Å². The zero-order chi connectivity index (χ0) is 22.3. The van der Waals surface area contributed by atoms with E-state index in [2.05, 4.69) is 27.3 Å². The molecule has 0 heterocycles. The second kappa shape index (κ2) is 10.8. The molecule has 0 fully saturated rings. The Morgan fingerprint density at radius 2 is 1.55 bits per heavy atom. The third kappa shape index (κ3) is 6.54.